The Morgan fingerprint density at radius 3 is 2.88 bits per heavy atom. The van der Waals surface area contributed by atoms with Crippen LogP contribution in [0.5, 0.6) is 5.75 Å². The van der Waals surface area contributed by atoms with E-state index in [1.807, 2.05) is 13.0 Å². The van der Waals surface area contributed by atoms with Gasteiger partial charge in [0, 0.05) is 17.8 Å². The van der Waals surface area contributed by atoms with E-state index in [1.54, 1.807) is 13.3 Å². The lowest BCUT2D eigenvalue weighted by Crippen LogP contribution is -2.52. The van der Waals surface area contributed by atoms with Gasteiger partial charge in [0.05, 0.1) is 19.0 Å². The molecule has 3 N–H and O–H groups in total. The number of anilines is 1. The van der Waals surface area contributed by atoms with Gasteiger partial charge < -0.3 is 15.8 Å². The van der Waals surface area contributed by atoms with Crippen LogP contribution in [0.4, 0.5) is 5.69 Å². The molecule has 16 heavy (non-hydrogen) atoms. The first kappa shape index (κ1) is 11.2. The highest BCUT2D eigenvalue weighted by molar-refractivity contribution is 5.56. The van der Waals surface area contributed by atoms with E-state index in [0.717, 1.165) is 36.5 Å². The predicted molar refractivity (Wildman–Crippen MR) is 64.8 cm³/mol. The van der Waals surface area contributed by atoms with Crippen LogP contribution >= 0.6 is 0 Å². The summed E-state index contributed by atoms with van der Waals surface area (Å²) in [5.41, 5.74) is 8.09. The highest BCUT2D eigenvalue weighted by Gasteiger charge is 2.32. The number of nitrogens with one attached hydrogen (secondary N) is 1. The van der Waals surface area contributed by atoms with Crippen molar-refractivity contribution in [3.63, 3.8) is 0 Å². The number of pyridine rings is 1. The van der Waals surface area contributed by atoms with Crippen LogP contribution in [0.2, 0.25) is 0 Å². The van der Waals surface area contributed by atoms with Crippen molar-refractivity contribution >= 4 is 5.69 Å². The second-order valence-corrected chi connectivity index (χ2v) is 4.60. The zero-order chi connectivity index (χ0) is 11.6. The second-order valence-electron chi connectivity index (χ2n) is 4.60. The van der Waals surface area contributed by atoms with E-state index in [4.69, 9.17) is 10.5 Å². The normalized spacial score (nSPS) is 17.7. The predicted octanol–water partition coefficient (Wildman–Crippen LogP) is 1.69. The molecule has 0 atom stereocenters. The Hall–Kier alpha value is -1.29. The molecule has 0 radical (unpaired) electrons. The maximum Gasteiger partial charge on any atom is 0.160 e. The van der Waals surface area contributed by atoms with Crippen molar-refractivity contribution in [2.75, 3.05) is 19.0 Å². The molecule has 1 fully saturated rings. The van der Waals surface area contributed by atoms with Crippen LogP contribution in [0, 0.1) is 6.92 Å². The molecule has 2 rings (SSSR count). The minimum atomic E-state index is -0.0256. The van der Waals surface area contributed by atoms with Gasteiger partial charge in [-0.05, 0) is 32.3 Å². The number of nitrogens with zero attached hydrogens (tertiary/aromatic N) is 1. The van der Waals surface area contributed by atoms with E-state index in [-0.39, 0.29) is 5.54 Å². The molecular weight excluding hydrogens is 202 g/mol. The first-order valence-electron chi connectivity index (χ1n) is 5.66. The van der Waals surface area contributed by atoms with Gasteiger partial charge in [0.25, 0.3) is 0 Å². The Bertz CT molecular complexity index is 375. The van der Waals surface area contributed by atoms with Crippen LogP contribution in [0.25, 0.3) is 0 Å². The average molecular weight is 221 g/mol. The van der Waals surface area contributed by atoms with E-state index >= 15 is 0 Å². The molecular formula is C12H19N3O. The van der Waals surface area contributed by atoms with Crippen molar-refractivity contribution in [2.24, 2.45) is 5.73 Å². The molecule has 0 spiro atoms. The van der Waals surface area contributed by atoms with Crippen molar-refractivity contribution in [1.29, 1.82) is 0 Å². The molecule has 4 heteroatoms. The Kier molecular flexibility index (Phi) is 3.01. The fraction of sp³-hybridized carbons (Fsp3) is 0.583. The van der Waals surface area contributed by atoms with Crippen molar-refractivity contribution in [2.45, 2.75) is 31.7 Å². The number of aromatic nitrogens is 1. The van der Waals surface area contributed by atoms with Crippen molar-refractivity contribution in [3.8, 4) is 5.75 Å². The lowest BCUT2D eigenvalue weighted by Gasteiger charge is -2.38. The van der Waals surface area contributed by atoms with Gasteiger partial charge in [0.2, 0.25) is 0 Å². The number of aryl methyl sites for hydroxylation is 1. The summed E-state index contributed by atoms with van der Waals surface area (Å²) in [6, 6.07) is 1.99. The minimum Gasteiger partial charge on any atom is -0.493 e. The quantitative estimate of drug-likeness (QED) is 0.812. The number of methoxy groups -OCH3 is 1. The van der Waals surface area contributed by atoms with Crippen molar-refractivity contribution < 1.29 is 4.74 Å². The van der Waals surface area contributed by atoms with Crippen LogP contribution in [0.3, 0.4) is 0 Å². The fourth-order valence-corrected chi connectivity index (χ4v) is 1.93. The zero-order valence-corrected chi connectivity index (χ0v) is 9.92. The summed E-state index contributed by atoms with van der Waals surface area (Å²) < 4.78 is 5.25. The summed E-state index contributed by atoms with van der Waals surface area (Å²) in [5.74, 6) is 0.772. The van der Waals surface area contributed by atoms with Crippen LogP contribution in [-0.4, -0.2) is 24.2 Å². The van der Waals surface area contributed by atoms with Gasteiger partial charge in [-0.2, -0.15) is 0 Å². The summed E-state index contributed by atoms with van der Waals surface area (Å²) in [5, 5.41) is 3.36. The van der Waals surface area contributed by atoms with E-state index in [1.165, 1.54) is 6.42 Å². The Labute approximate surface area is 96.2 Å². The molecule has 1 aliphatic rings. The van der Waals surface area contributed by atoms with Crippen LogP contribution < -0.4 is 15.8 Å². The average Bonchev–Trinajstić information content (AvgIpc) is 2.24. The van der Waals surface area contributed by atoms with Gasteiger partial charge in [0.15, 0.2) is 5.75 Å². The maximum atomic E-state index is 6.16. The number of rotatable bonds is 4. The molecule has 1 saturated carbocycles. The van der Waals surface area contributed by atoms with Gasteiger partial charge in [-0.25, -0.2) is 0 Å². The summed E-state index contributed by atoms with van der Waals surface area (Å²) >= 11 is 0. The van der Waals surface area contributed by atoms with E-state index < -0.39 is 0 Å². The summed E-state index contributed by atoms with van der Waals surface area (Å²) in [6.45, 7) is 2.76. The molecule has 88 valence electrons. The fourth-order valence-electron chi connectivity index (χ4n) is 1.93. The number of hydrogen-bond donors (Lipinski definition) is 2. The van der Waals surface area contributed by atoms with Crippen molar-refractivity contribution in [1.82, 2.24) is 4.98 Å². The van der Waals surface area contributed by atoms with Gasteiger partial charge >= 0.3 is 0 Å². The third-order valence-corrected chi connectivity index (χ3v) is 3.20. The minimum absolute atomic E-state index is 0.0256. The number of nitrogens with two attached hydrogens (primary N) is 1. The van der Waals surface area contributed by atoms with Gasteiger partial charge in [-0.3, -0.25) is 4.98 Å². The van der Waals surface area contributed by atoms with Gasteiger partial charge in [-0.1, -0.05) is 0 Å². The van der Waals surface area contributed by atoms with Crippen LogP contribution in [0.1, 0.15) is 25.0 Å². The maximum absolute atomic E-state index is 6.16. The smallest absolute Gasteiger partial charge is 0.160 e. The standard InChI is InChI=1S/C12H19N3O/c1-9-6-10(11(16-2)7-14-9)15-8-12(13)4-3-5-12/h6-7H,3-5,8,13H2,1-2H3,(H,14,15). The highest BCUT2D eigenvalue weighted by atomic mass is 16.5. The first-order valence-corrected chi connectivity index (χ1v) is 5.66. The molecule has 0 amide bonds. The number of ether oxygens (including phenoxy) is 1. The zero-order valence-electron chi connectivity index (χ0n) is 9.92. The largest absolute Gasteiger partial charge is 0.493 e. The van der Waals surface area contributed by atoms with Crippen LogP contribution in [0.15, 0.2) is 12.3 Å². The van der Waals surface area contributed by atoms with Crippen LogP contribution in [-0.2, 0) is 0 Å². The molecule has 1 aliphatic carbocycles. The third-order valence-electron chi connectivity index (χ3n) is 3.20. The molecule has 4 nitrogen and oxygen atoms in total. The number of hydrogen-bond acceptors (Lipinski definition) is 4. The first-order chi connectivity index (χ1) is 7.63. The lowest BCUT2D eigenvalue weighted by molar-refractivity contribution is 0.265. The topological polar surface area (TPSA) is 60.2 Å². The molecule has 0 aliphatic heterocycles. The molecule has 0 unspecified atom stereocenters. The second kappa shape index (κ2) is 4.29. The monoisotopic (exact) mass is 221 g/mol. The summed E-state index contributed by atoms with van der Waals surface area (Å²) in [6.07, 6.45) is 5.19. The highest BCUT2D eigenvalue weighted by Crippen LogP contribution is 2.31. The summed E-state index contributed by atoms with van der Waals surface area (Å²) in [7, 11) is 1.65. The Morgan fingerprint density at radius 2 is 2.31 bits per heavy atom. The molecule has 0 aromatic carbocycles. The van der Waals surface area contributed by atoms with E-state index in [9.17, 15) is 0 Å². The van der Waals surface area contributed by atoms with Crippen molar-refractivity contribution in [3.05, 3.63) is 18.0 Å². The van der Waals surface area contributed by atoms with Gasteiger partial charge in [0.1, 0.15) is 0 Å². The SMILES string of the molecule is COc1cnc(C)cc1NCC1(N)CCC1. The molecule has 1 aromatic rings. The summed E-state index contributed by atoms with van der Waals surface area (Å²) in [4.78, 5) is 4.19. The molecule has 1 heterocycles. The van der Waals surface area contributed by atoms with E-state index in [2.05, 4.69) is 10.3 Å². The van der Waals surface area contributed by atoms with Gasteiger partial charge in [-0.15, -0.1) is 0 Å². The molecule has 1 aromatic heterocycles. The lowest BCUT2D eigenvalue weighted by atomic mass is 9.78. The Morgan fingerprint density at radius 1 is 1.56 bits per heavy atom. The van der Waals surface area contributed by atoms with E-state index in [0.29, 0.717) is 0 Å². The molecule has 0 saturated heterocycles. The Balaban J connectivity index is 2.04. The molecule has 0 bridgehead atoms. The third kappa shape index (κ3) is 2.27.